The number of nitrogen functional groups attached to an aromatic ring is 1. The van der Waals surface area contributed by atoms with Crippen molar-refractivity contribution in [1.29, 1.82) is 0 Å². The summed E-state index contributed by atoms with van der Waals surface area (Å²) in [5, 5.41) is 9.35. The van der Waals surface area contributed by atoms with Crippen molar-refractivity contribution in [3.63, 3.8) is 0 Å². The highest BCUT2D eigenvalue weighted by molar-refractivity contribution is 5.80. The maximum Gasteiger partial charge on any atom is 0.239 e. The molecule has 122 valence electrons. The van der Waals surface area contributed by atoms with Gasteiger partial charge >= 0.3 is 0 Å². The SMILES string of the molecule is CC(C)C(=O)N1CCC(C(=O)NCCc2nc(N)n[nH]2)CC1. The number of anilines is 1. The summed E-state index contributed by atoms with van der Waals surface area (Å²) in [6, 6.07) is 0. The van der Waals surface area contributed by atoms with E-state index in [9.17, 15) is 9.59 Å². The second kappa shape index (κ2) is 7.24. The molecular weight excluding hydrogens is 284 g/mol. The van der Waals surface area contributed by atoms with E-state index in [1.165, 1.54) is 0 Å². The first-order valence-corrected chi connectivity index (χ1v) is 7.70. The lowest BCUT2D eigenvalue weighted by Gasteiger charge is -2.32. The zero-order chi connectivity index (χ0) is 16.1. The van der Waals surface area contributed by atoms with Gasteiger partial charge in [0.25, 0.3) is 0 Å². The van der Waals surface area contributed by atoms with E-state index in [4.69, 9.17) is 5.73 Å². The molecule has 2 rings (SSSR count). The zero-order valence-corrected chi connectivity index (χ0v) is 13.1. The van der Waals surface area contributed by atoms with Gasteiger partial charge in [-0.3, -0.25) is 14.7 Å². The van der Waals surface area contributed by atoms with Gasteiger partial charge in [0.2, 0.25) is 17.8 Å². The highest BCUT2D eigenvalue weighted by Gasteiger charge is 2.27. The molecule has 0 bridgehead atoms. The number of piperidine rings is 1. The molecule has 0 atom stereocenters. The van der Waals surface area contributed by atoms with Crippen molar-refractivity contribution in [3.8, 4) is 0 Å². The number of amides is 2. The summed E-state index contributed by atoms with van der Waals surface area (Å²) in [5.41, 5.74) is 5.41. The Morgan fingerprint density at radius 2 is 2.09 bits per heavy atom. The van der Waals surface area contributed by atoms with Gasteiger partial charge in [-0.1, -0.05) is 13.8 Å². The quantitative estimate of drug-likeness (QED) is 0.704. The number of hydrogen-bond donors (Lipinski definition) is 3. The average Bonchev–Trinajstić information content (AvgIpc) is 2.92. The number of carbonyl (C=O) groups is 2. The number of H-pyrrole nitrogens is 1. The lowest BCUT2D eigenvalue weighted by molar-refractivity contribution is -0.138. The number of rotatable bonds is 5. The second-order valence-corrected chi connectivity index (χ2v) is 5.94. The van der Waals surface area contributed by atoms with Gasteiger partial charge in [0.05, 0.1) is 0 Å². The van der Waals surface area contributed by atoms with Crippen LogP contribution in [-0.2, 0) is 16.0 Å². The fourth-order valence-electron chi connectivity index (χ4n) is 2.60. The first-order chi connectivity index (χ1) is 10.5. The Kier molecular flexibility index (Phi) is 5.35. The summed E-state index contributed by atoms with van der Waals surface area (Å²) in [6.45, 7) is 5.62. The van der Waals surface area contributed by atoms with Crippen molar-refractivity contribution in [1.82, 2.24) is 25.4 Å². The average molecular weight is 308 g/mol. The number of hydrogen-bond acceptors (Lipinski definition) is 5. The van der Waals surface area contributed by atoms with E-state index in [1.807, 2.05) is 18.7 Å². The van der Waals surface area contributed by atoms with Gasteiger partial charge in [-0.25, -0.2) is 0 Å². The minimum Gasteiger partial charge on any atom is -0.367 e. The van der Waals surface area contributed by atoms with Crippen LogP contribution in [0.5, 0.6) is 0 Å². The maximum atomic E-state index is 12.1. The van der Waals surface area contributed by atoms with Gasteiger partial charge in [0.1, 0.15) is 5.82 Å². The monoisotopic (exact) mass is 308 g/mol. The van der Waals surface area contributed by atoms with E-state index >= 15 is 0 Å². The molecular formula is C14H24N6O2. The van der Waals surface area contributed by atoms with E-state index in [0.29, 0.717) is 31.9 Å². The summed E-state index contributed by atoms with van der Waals surface area (Å²) >= 11 is 0. The number of aromatic amines is 1. The van der Waals surface area contributed by atoms with Crippen molar-refractivity contribution in [3.05, 3.63) is 5.82 Å². The Morgan fingerprint density at radius 1 is 1.41 bits per heavy atom. The maximum absolute atomic E-state index is 12.1. The van der Waals surface area contributed by atoms with Crippen LogP contribution in [0.15, 0.2) is 0 Å². The standard InChI is InChI=1S/C14H24N6O2/c1-9(2)13(22)20-7-4-10(5-8-20)12(21)16-6-3-11-17-14(15)19-18-11/h9-10H,3-8H2,1-2H3,(H,16,21)(H3,15,17,18,19). The minimum absolute atomic E-state index is 0.0136. The molecule has 2 amide bonds. The Balaban J connectivity index is 1.70. The number of carbonyl (C=O) groups excluding carboxylic acids is 2. The third-order valence-corrected chi connectivity index (χ3v) is 3.88. The van der Waals surface area contributed by atoms with Crippen LogP contribution in [0.3, 0.4) is 0 Å². The largest absolute Gasteiger partial charge is 0.367 e. The number of nitrogens with one attached hydrogen (secondary N) is 2. The molecule has 22 heavy (non-hydrogen) atoms. The van der Waals surface area contributed by atoms with Gasteiger partial charge in [-0.05, 0) is 12.8 Å². The predicted molar refractivity (Wildman–Crippen MR) is 81.7 cm³/mol. The van der Waals surface area contributed by atoms with Crippen LogP contribution >= 0.6 is 0 Å². The first-order valence-electron chi connectivity index (χ1n) is 7.70. The topological polar surface area (TPSA) is 117 Å². The first kappa shape index (κ1) is 16.3. The molecule has 4 N–H and O–H groups in total. The molecule has 2 heterocycles. The molecule has 1 aromatic rings. The highest BCUT2D eigenvalue weighted by Crippen LogP contribution is 2.18. The molecule has 8 nitrogen and oxygen atoms in total. The third kappa shape index (κ3) is 4.19. The van der Waals surface area contributed by atoms with Crippen LogP contribution < -0.4 is 11.1 Å². The molecule has 1 aromatic heterocycles. The Hall–Kier alpha value is -2.12. The molecule has 1 saturated heterocycles. The van der Waals surface area contributed by atoms with Crippen molar-refractivity contribution >= 4 is 17.8 Å². The molecule has 0 spiro atoms. The highest BCUT2D eigenvalue weighted by atomic mass is 16.2. The number of aromatic nitrogens is 3. The smallest absolute Gasteiger partial charge is 0.239 e. The summed E-state index contributed by atoms with van der Waals surface area (Å²) in [4.78, 5) is 29.9. The Bertz CT molecular complexity index is 519. The molecule has 0 aliphatic carbocycles. The van der Waals surface area contributed by atoms with Gasteiger partial charge in [0, 0.05) is 37.9 Å². The fraction of sp³-hybridized carbons (Fsp3) is 0.714. The zero-order valence-electron chi connectivity index (χ0n) is 13.1. The molecule has 0 radical (unpaired) electrons. The van der Waals surface area contributed by atoms with Crippen LogP contribution in [-0.4, -0.2) is 51.5 Å². The van der Waals surface area contributed by atoms with Crippen molar-refractivity contribution in [2.45, 2.75) is 33.1 Å². The van der Waals surface area contributed by atoms with Crippen LogP contribution in [0.4, 0.5) is 5.95 Å². The number of nitrogens with two attached hydrogens (primary N) is 1. The Labute approximate surface area is 129 Å². The van der Waals surface area contributed by atoms with Crippen molar-refractivity contribution in [2.24, 2.45) is 11.8 Å². The van der Waals surface area contributed by atoms with Gasteiger partial charge < -0.3 is 16.0 Å². The van der Waals surface area contributed by atoms with E-state index in [2.05, 4.69) is 20.5 Å². The molecule has 1 aliphatic heterocycles. The van der Waals surface area contributed by atoms with Crippen molar-refractivity contribution < 1.29 is 9.59 Å². The van der Waals surface area contributed by atoms with Crippen LogP contribution in [0.1, 0.15) is 32.5 Å². The van der Waals surface area contributed by atoms with E-state index in [1.54, 1.807) is 0 Å². The van der Waals surface area contributed by atoms with Crippen LogP contribution in [0.2, 0.25) is 0 Å². The fourth-order valence-corrected chi connectivity index (χ4v) is 2.60. The van der Waals surface area contributed by atoms with Gasteiger partial charge in [0.15, 0.2) is 0 Å². The molecule has 1 aliphatic rings. The summed E-state index contributed by atoms with van der Waals surface area (Å²) in [6.07, 6.45) is 2.01. The van der Waals surface area contributed by atoms with Crippen LogP contribution in [0, 0.1) is 11.8 Å². The number of likely N-dealkylation sites (tertiary alicyclic amines) is 1. The summed E-state index contributed by atoms with van der Waals surface area (Å²) in [7, 11) is 0. The van der Waals surface area contributed by atoms with Crippen LogP contribution in [0.25, 0.3) is 0 Å². The third-order valence-electron chi connectivity index (χ3n) is 3.88. The normalized spacial score (nSPS) is 16.0. The second-order valence-electron chi connectivity index (χ2n) is 5.94. The Morgan fingerprint density at radius 3 is 2.64 bits per heavy atom. The van der Waals surface area contributed by atoms with E-state index in [-0.39, 0.29) is 29.6 Å². The van der Waals surface area contributed by atoms with E-state index in [0.717, 1.165) is 12.8 Å². The van der Waals surface area contributed by atoms with Crippen molar-refractivity contribution in [2.75, 3.05) is 25.4 Å². The molecule has 8 heteroatoms. The molecule has 0 aromatic carbocycles. The van der Waals surface area contributed by atoms with Gasteiger partial charge in [-0.2, -0.15) is 4.98 Å². The molecule has 0 unspecified atom stereocenters. The molecule has 1 fully saturated rings. The molecule has 0 saturated carbocycles. The minimum atomic E-state index is -0.0176. The summed E-state index contributed by atoms with van der Waals surface area (Å²) < 4.78 is 0. The lowest BCUT2D eigenvalue weighted by Crippen LogP contribution is -2.44. The predicted octanol–water partition coefficient (Wildman–Crippen LogP) is -0.0598. The lowest BCUT2D eigenvalue weighted by atomic mass is 9.95. The van der Waals surface area contributed by atoms with Gasteiger partial charge in [-0.15, -0.1) is 5.10 Å². The summed E-state index contributed by atoms with van der Waals surface area (Å²) in [5.74, 6) is 1.08. The number of nitrogens with zero attached hydrogens (tertiary/aromatic N) is 3. The van der Waals surface area contributed by atoms with E-state index < -0.39 is 0 Å².